The van der Waals surface area contributed by atoms with Gasteiger partial charge in [-0.1, -0.05) is 381 Å². The Kier molecular flexibility index (Phi) is 86.8. The van der Waals surface area contributed by atoms with E-state index < -0.39 is 91.5 Å². The molecule has 0 heterocycles. The lowest BCUT2D eigenvalue weighted by molar-refractivity contribution is -0.161. The van der Waals surface area contributed by atoms with E-state index in [1.807, 2.05) is 12.2 Å². The Morgan fingerprint density at radius 2 is 0.429 bits per heavy atom. The zero-order valence-corrected chi connectivity index (χ0v) is 76.2. The van der Waals surface area contributed by atoms with E-state index in [0.717, 1.165) is 161 Å². The molecule has 16 nitrogen and oxygen atoms in total. The minimum Gasteiger partial charge on any atom is -0.463 e. The van der Waals surface area contributed by atoms with Crippen molar-refractivity contribution in [2.24, 2.45) is 0 Å². The average Bonchev–Trinajstić information content (AvgIpc) is 0.902. The number of carbonyl (C=O) groups is 3. The molecule has 0 fully saturated rings. The molecule has 0 saturated heterocycles. The molecule has 0 saturated carbocycles. The van der Waals surface area contributed by atoms with Gasteiger partial charge in [0.25, 0.3) is 0 Å². The van der Waals surface area contributed by atoms with Crippen LogP contribution in [0.1, 0.15) is 355 Å². The lowest BCUT2D eigenvalue weighted by Gasteiger charge is -2.21. The van der Waals surface area contributed by atoms with Gasteiger partial charge in [-0.15, -0.1) is 0 Å². The third-order valence-corrected chi connectivity index (χ3v) is 20.9. The van der Waals surface area contributed by atoms with Crippen molar-refractivity contribution in [2.75, 3.05) is 39.6 Å². The highest BCUT2D eigenvalue weighted by Crippen LogP contribution is 2.45. The summed E-state index contributed by atoms with van der Waals surface area (Å²) in [5.74, 6) is -1.65. The zero-order valence-electron chi connectivity index (χ0n) is 74.5. The van der Waals surface area contributed by atoms with Crippen LogP contribution in [0.4, 0.5) is 0 Å². The molecule has 4 N–H and O–H groups in total. The maximum Gasteiger partial charge on any atom is 0.472 e. The summed E-state index contributed by atoms with van der Waals surface area (Å²) in [4.78, 5) is 58.9. The Labute approximate surface area is 724 Å². The molecular formula is C101H166O16P2. The van der Waals surface area contributed by atoms with Crippen molar-refractivity contribution in [3.63, 3.8) is 0 Å². The molecule has 0 rings (SSSR count). The molecule has 18 heteroatoms. The number of aliphatic hydroxyl groups is 2. The Morgan fingerprint density at radius 3 is 0.689 bits per heavy atom. The van der Waals surface area contributed by atoms with Gasteiger partial charge < -0.3 is 34.2 Å². The van der Waals surface area contributed by atoms with E-state index in [-0.39, 0.29) is 19.3 Å². The van der Waals surface area contributed by atoms with Crippen molar-refractivity contribution in [1.29, 1.82) is 0 Å². The Balaban J connectivity index is 4.52. The predicted molar refractivity (Wildman–Crippen MR) is 500 cm³/mol. The van der Waals surface area contributed by atoms with E-state index in [1.54, 1.807) is 0 Å². The third kappa shape index (κ3) is 92.7. The minimum absolute atomic E-state index is 0.0201. The molecule has 0 aliphatic rings. The summed E-state index contributed by atoms with van der Waals surface area (Å²) >= 11 is 0. The quantitative estimate of drug-likeness (QED) is 0.0146. The topological polar surface area (TPSA) is 231 Å². The number of unbranched alkanes of at least 4 members (excludes halogenated alkanes) is 29. The number of hydrogen-bond donors (Lipinski definition) is 4. The first kappa shape index (κ1) is 113. The highest BCUT2D eigenvalue weighted by molar-refractivity contribution is 7.47. The molecule has 0 aliphatic carbocycles. The van der Waals surface area contributed by atoms with Crippen LogP contribution in [0.15, 0.2) is 207 Å². The number of rotatable bonds is 86. The third-order valence-electron chi connectivity index (χ3n) is 19.0. The van der Waals surface area contributed by atoms with Crippen molar-refractivity contribution in [3.05, 3.63) is 207 Å². The van der Waals surface area contributed by atoms with Crippen LogP contribution >= 0.6 is 15.6 Å². The number of aliphatic hydroxyl groups excluding tert-OH is 2. The van der Waals surface area contributed by atoms with Gasteiger partial charge >= 0.3 is 33.6 Å². The molecule has 5 atom stereocenters. The van der Waals surface area contributed by atoms with Crippen molar-refractivity contribution in [3.8, 4) is 0 Å². The monoisotopic (exact) mass is 1700 g/mol. The summed E-state index contributed by atoms with van der Waals surface area (Å²) < 4.78 is 61.4. The van der Waals surface area contributed by atoms with Crippen LogP contribution in [0.25, 0.3) is 0 Å². The smallest absolute Gasteiger partial charge is 0.463 e. The number of ether oxygens (including phenoxy) is 3. The fraction of sp³-hybridized carbons (Fsp3) is 0.634. The molecule has 119 heavy (non-hydrogen) atoms. The molecule has 0 aromatic heterocycles. The highest BCUT2D eigenvalue weighted by Gasteiger charge is 2.29. The first-order chi connectivity index (χ1) is 58.2. The van der Waals surface area contributed by atoms with Crippen molar-refractivity contribution >= 4 is 33.6 Å². The van der Waals surface area contributed by atoms with Gasteiger partial charge in [0.2, 0.25) is 0 Å². The van der Waals surface area contributed by atoms with Gasteiger partial charge in [0, 0.05) is 19.3 Å². The van der Waals surface area contributed by atoms with Gasteiger partial charge in [0.1, 0.15) is 25.4 Å². The number of carbonyl (C=O) groups excluding carboxylic acids is 3. The standard InChI is InChI=1S/C101H166O16P2/c1-4-7-10-13-16-19-22-25-28-31-33-35-37-39-41-43-45-46-47-48-50-52-53-55-57-59-61-64-66-69-72-75-78-81-84-87-99(104)111-90-96(102)91-113-118(107,108)114-92-97(103)93-115-119(109,110)116-95-98(117-101(106)89-86-83-80-77-74-71-68-63-30-27-24-21-18-15-12-9-6-3)94-112-100(105)88-85-82-79-76-73-70-67-65-62-60-58-56-54-51-49-44-42-40-38-36-34-32-29-26-23-20-17-14-11-8-5-2/h7-12,16-21,25-30,33-36,39-42,45-46,49,51,68,71,77,80,96-98,102-103H,4-6,13-15,22-24,31-32,37-38,43-44,47-48,50,52-67,69-70,72-76,78-79,81-95H2,1-3H3,(H,107,108)(H,109,110)/b10-7-,11-8-,12-9-,19-16-,20-17-,21-18-,28-25-,29-26-,30-27-,35-33-,36-34-,41-39-,42-40-,46-45-,51-49-,71-68-,80-77-. The fourth-order valence-electron chi connectivity index (χ4n) is 12.1. The summed E-state index contributed by atoms with van der Waals surface area (Å²) in [6, 6.07) is 0. The van der Waals surface area contributed by atoms with Crippen LogP contribution in [0.3, 0.4) is 0 Å². The summed E-state index contributed by atoms with van der Waals surface area (Å²) in [7, 11) is -9.83. The second kappa shape index (κ2) is 91.3. The van der Waals surface area contributed by atoms with E-state index in [1.165, 1.54) is 128 Å². The van der Waals surface area contributed by atoms with E-state index in [0.29, 0.717) is 25.7 Å². The number of esters is 3. The van der Waals surface area contributed by atoms with Crippen LogP contribution in [-0.4, -0.2) is 95.9 Å². The van der Waals surface area contributed by atoms with Crippen LogP contribution in [0, 0.1) is 0 Å². The maximum absolute atomic E-state index is 13.0. The first-order valence-electron chi connectivity index (χ1n) is 46.4. The Morgan fingerprint density at radius 1 is 0.235 bits per heavy atom. The molecule has 0 spiro atoms. The number of phosphoric acid groups is 2. The van der Waals surface area contributed by atoms with E-state index in [9.17, 15) is 43.5 Å². The summed E-state index contributed by atoms with van der Waals surface area (Å²) in [6.45, 7) is 2.29. The zero-order chi connectivity index (χ0) is 86.5. The van der Waals surface area contributed by atoms with Crippen LogP contribution in [0.2, 0.25) is 0 Å². The lowest BCUT2D eigenvalue weighted by atomic mass is 10.0. The van der Waals surface area contributed by atoms with Gasteiger partial charge in [-0.2, -0.15) is 0 Å². The highest BCUT2D eigenvalue weighted by atomic mass is 31.2. The molecule has 0 radical (unpaired) electrons. The van der Waals surface area contributed by atoms with Crippen molar-refractivity contribution in [2.45, 2.75) is 373 Å². The second-order valence-corrected chi connectivity index (χ2v) is 33.2. The van der Waals surface area contributed by atoms with Crippen molar-refractivity contribution in [1.82, 2.24) is 0 Å². The SMILES string of the molecule is CC/C=C\C/C=C\C/C=C\C/C=C\C/C=C\C/C=C\CCCCCCCCCCCCCCCCCCC(=O)OCC(O)COP(=O)(O)OCC(O)COP(=O)(O)OCC(COC(=O)CCCCCCCCCCCCCC/C=C\C/C=C\C/C=C\C/C=C\C/C=C\C/C=C\CC)OC(=O)CCC/C=C\C/C=C\C/C=C\C/C=C\C/C=C\CC. The molecule has 0 aliphatic heterocycles. The first-order valence-corrected chi connectivity index (χ1v) is 49.4. The van der Waals surface area contributed by atoms with Gasteiger partial charge in [-0.05, 0) is 161 Å². The Bertz CT molecular complexity index is 2990. The lowest BCUT2D eigenvalue weighted by Crippen LogP contribution is -2.30. The summed E-state index contributed by atoms with van der Waals surface area (Å²) in [5.41, 5.74) is 0. The average molecular weight is 1700 g/mol. The molecule has 0 aromatic carbocycles. The van der Waals surface area contributed by atoms with E-state index >= 15 is 0 Å². The number of phosphoric ester groups is 2. The maximum atomic E-state index is 13.0. The molecule has 0 aromatic rings. The van der Waals surface area contributed by atoms with Gasteiger partial charge in [-0.3, -0.25) is 32.5 Å². The van der Waals surface area contributed by atoms with Crippen LogP contribution in [-0.2, 0) is 55.8 Å². The second-order valence-electron chi connectivity index (χ2n) is 30.3. The molecule has 0 amide bonds. The molecular weight excluding hydrogens is 1530 g/mol. The van der Waals surface area contributed by atoms with Gasteiger partial charge in [-0.25, -0.2) is 9.13 Å². The minimum atomic E-state index is -4.96. The van der Waals surface area contributed by atoms with Gasteiger partial charge in [0.15, 0.2) is 6.10 Å². The Hall–Kier alpha value is -5.87. The number of allylic oxidation sites excluding steroid dienone is 34. The van der Waals surface area contributed by atoms with Crippen LogP contribution < -0.4 is 0 Å². The largest absolute Gasteiger partial charge is 0.472 e. The van der Waals surface area contributed by atoms with Crippen molar-refractivity contribution < 1.29 is 75.8 Å². The molecule has 0 bridgehead atoms. The van der Waals surface area contributed by atoms with Crippen LogP contribution in [0.5, 0.6) is 0 Å². The normalized spacial score (nSPS) is 14.7. The van der Waals surface area contributed by atoms with E-state index in [4.69, 9.17) is 32.3 Å². The molecule has 5 unspecified atom stereocenters. The summed E-state index contributed by atoms with van der Waals surface area (Å²) in [6.07, 6.45) is 123. The predicted octanol–water partition coefficient (Wildman–Crippen LogP) is 28.8. The fourth-order valence-corrected chi connectivity index (χ4v) is 13.7. The number of hydrogen-bond acceptors (Lipinski definition) is 14. The van der Waals surface area contributed by atoms with E-state index in [2.05, 4.69) is 215 Å². The molecule has 676 valence electrons. The summed E-state index contributed by atoms with van der Waals surface area (Å²) in [5, 5.41) is 20.7. The van der Waals surface area contributed by atoms with Gasteiger partial charge in [0.05, 0.1) is 26.4 Å².